The number of aliphatic imine (C=N–C) groups is 1. The van der Waals surface area contributed by atoms with Gasteiger partial charge in [0, 0.05) is 45.7 Å². The van der Waals surface area contributed by atoms with Crippen LogP contribution >= 0.6 is 39.9 Å². The molecule has 2 aliphatic rings. The molecular weight excluding hydrogens is 547 g/mol. The SMILES string of the molecule is CN=C(NCC1Cc2ccccc21)N1CCN(c2ncc(Br)c(OC)n2)CC1.I. The van der Waals surface area contributed by atoms with E-state index < -0.39 is 0 Å². The van der Waals surface area contributed by atoms with Gasteiger partial charge in [0.05, 0.1) is 17.8 Å². The monoisotopic (exact) mass is 572 g/mol. The molecule has 1 aromatic heterocycles. The number of rotatable bonds is 4. The molecule has 0 spiro atoms. The average molecular weight is 573 g/mol. The quantitative estimate of drug-likeness (QED) is 0.345. The Kier molecular flexibility index (Phi) is 7.55. The summed E-state index contributed by atoms with van der Waals surface area (Å²) in [4.78, 5) is 17.9. The van der Waals surface area contributed by atoms with E-state index in [1.165, 1.54) is 11.1 Å². The second-order valence-corrected chi connectivity index (χ2v) is 7.88. The zero-order chi connectivity index (χ0) is 19.5. The maximum Gasteiger partial charge on any atom is 0.232 e. The molecule has 1 atom stereocenters. The van der Waals surface area contributed by atoms with Crippen LogP contribution in [0.5, 0.6) is 5.88 Å². The Morgan fingerprint density at radius 2 is 2.03 bits per heavy atom. The van der Waals surface area contributed by atoms with Crippen LogP contribution in [-0.4, -0.2) is 67.7 Å². The predicted molar refractivity (Wildman–Crippen MR) is 130 cm³/mol. The molecule has 0 radical (unpaired) electrons. The third-order valence-corrected chi connectivity index (χ3v) is 5.98. The summed E-state index contributed by atoms with van der Waals surface area (Å²) in [5, 5.41) is 3.56. The Morgan fingerprint density at radius 3 is 2.72 bits per heavy atom. The Hall–Kier alpha value is -1.62. The van der Waals surface area contributed by atoms with E-state index in [1.54, 1.807) is 13.3 Å². The molecule has 0 saturated carbocycles. The first kappa shape index (κ1) is 22.1. The summed E-state index contributed by atoms with van der Waals surface area (Å²) in [7, 11) is 3.47. The lowest BCUT2D eigenvalue weighted by atomic mass is 9.78. The minimum absolute atomic E-state index is 0. The highest BCUT2D eigenvalue weighted by molar-refractivity contribution is 14.0. The number of halogens is 2. The number of hydrogen-bond acceptors (Lipinski definition) is 5. The van der Waals surface area contributed by atoms with Crippen LogP contribution in [0, 0.1) is 0 Å². The highest BCUT2D eigenvalue weighted by atomic mass is 127. The molecule has 1 aromatic carbocycles. The largest absolute Gasteiger partial charge is 0.480 e. The minimum atomic E-state index is 0. The van der Waals surface area contributed by atoms with Gasteiger partial charge in [-0.25, -0.2) is 4.98 Å². The third kappa shape index (κ3) is 4.76. The lowest BCUT2D eigenvalue weighted by Crippen LogP contribution is -2.53. The van der Waals surface area contributed by atoms with Gasteiger partial charge in [0.15, 0.2) is 5.96 Å². The molecule has 2 heterocycles. The van der Waals surface area contributed by atoms with Crippen LogP contribution in [0.1, 0.15) is 17.0 Å². The average Bonchev–Trinajstić information content (AvgIpc) is 2.72. The van der Waals surface area contributed by atoms with Gasteiger partial charge in [-0.15, -0.1) is 24.0 Å². The van der Waals surface area contributed by atoms with Gasteiger partial charge in [-0.1, -0.05) is 24.3 Å². The number of aromatic nitrogens is 2. The fourth-order valence-electron chi connectivity index (χ4n) is 3.85. The Balaban J connectivity index is 0.00000240. The first-order chi connectivity index (χ1) is 13.7. The van der Waals surface area contributed by atoms with Crippen LogP contribution in [-0.2, 0) is 6.42 Å². The number of ether oxygens (including phenoxy) is 1. The van der Waals surface area contributed by atoms with Crippen LogP contribution in [0.2, 0.25) is 0 Å². The van der Waals surface area contributed by atoms with Gasteiger partial charge < -0.3 is 19.9 Å². The van der Waals surface area contributed by atoms with Crippen LogP contribution in [0.15, 0.2) is 39.9 Å². The van der Waals surface area contributed by atoms with Crippen molar-refractivity contribution in [3.05, 3.63) is 46.1 Å². The van der Waals surface area contributed by atoms with E-state index in [9.17, 15) is 0 Å². The first-order valence-electron chi connectivity index (χ1n) is 9.54. The fraction of sp³-hybridized carbons (Fsp3) is 0.450. The van der Waals surface area contributed by atoms with Crippen molar-refractivity contribution in [3.8, 4) is 5.88 Å². The topological polar surface area (TPSA) is 65.9 Å². The zero-order valence-electron chi connectivity index (χ0n) is 16.6. The van der Waals surface area contributed by atoms with Crippen molar-refractivity contribution in [1.29, 1.82) is 0 Å². The summed E-state index contributed by atoms with van der Waals surface area (Å²) in [5.41, 5.74) is 2.94. The number of methoxy groups -OCH3 is 1. The van der Waals surface area contributed by atoms with Crippen LogP contribution in [0.25, 0.3) is 0 Å². The molecule has 1 unspecified atom stereocenters. The van der Waals surface area contributed by atoms with Crippen molar-refractivity contribution in [1.82, 2.24) is 20.2 Å². The van der Waals surface area contributed by atoms with Crippen LogP contribution < -0.4 is 15.0 Å². The summed E-state index contributed by atoms with van der Waals surface area (Å²) in [5.74, 6) is 2.82. The second kappa shape index (κ2) is 9.92. The van der Waals surface area contributed by atoms with E-state index in [4.69, 9.17) is 4.74 Å². The van der Waals surface area contributed by atoms with Crippen molar-refractivity contribution < 1.29 is 4.74 Å². The summed E-state index contributed by atoms with van der Waals surface area (Å²) < 4.78 is 6.05. The molecule has 1 fully saturated rings. The number of anilines is 1. The molecular formula is C20H26BrIN6O. The van der Waals surface area contributed by atoms with E-state index >= 15 is 0 Å². The van der Waals surface area contributed by atoms with Crippen molar-refractivity contribution in [3.63, 3.8) is 0 Å². The van der Waals surface area contributed by atoms with E-state index in [1.807, 2.05) is 7.05 Å². The normalized spacial score (nSPS) is 18.4. The van der Waals surface area contributed by atoms with Gasteiger partial charge in [0.25, 0.3) is 0 Å². The van der Waals surface area contributed by atoms with Gasteiger partial charge in [-0.2, -0.15) is 4.98 Å². The summed E-state index contributed by atoms with van der Waals surface area (Å²) >= 11 is 3.40. The third-order valence-electron chi connectivity index (χ3n) is 5.43. The molecule has 1 N–H and O–H groups in total. The molecule has 1 aliphatic carbocycles. The Morgan fingerprint density at radius 1 is 1.28 bits per heavy atom. The van der Waals surface area contributed by atoms with E-state index in [0.717, 1.165) is 49.6 Å². The van der Waals surface area contributed by atoms with Crippen molar-refractivity contribution >= 4 is 51.8 Å². The smallest absolute Gasteiger partial charge is 0.232 e. The molecule has 9 heteroatoms. The number of nitrogens with zero attached hydrogens (tertiary/aromatic N) is 5. The number of benzene rings is 1. The number of fused-ring (bicyclic) bond motifs is 1. The lowest BCUT2D eigenvalue weighted by Gasteiger charge is -2.37. The van der Waals surface area contributed by atoms with Crippen LogP contribution in [0.4, 0.5) is 5.95 Å². The van der Waals surface area contributed by atoms with Crippen molar-refractivity contribution in [2.75, 3.05) is 51.8 Å². The molecule has 29 heavy (non-hydrogen) atoms. The van der Waals surface area contributed by atoms with Crippen molar-refractivity contribution in [2.24, 2.45) is 4.99 Å². The standard InChI is InChI=1S/C20H25BrN6O.HI/c1-22-19(23-12-15-11-14-5-3-4-6-16(14)15)26-7-9-27(10-8-26)20-24-13-17(21)18(25-20)28-2;/h3-6,13,15H,7-12H2,1-2H3,(H,22,23);1H. The lowest BCUT2D eigenvalue weighted by molar-refractivity contribution is 0.364. The Labute approximate surface area is 197 Å². The minimum Gasteiger partial charge on any atom is -0.480 e. The molecule has 2 aromatic rings. The summed E-state index contributed by atoms with van der Waals surface area (Å²) in [6, 6.07) is 8.70. The maximum atomic E-state index is 5.28. The molecule has 156 valence electrons. The molecule has 1 saturated heterocycles. The number of guanidine groups is 1. The highest BCUT2D eigenvalue weighted by Gasteiger charge is 2.27. The van der Waals surface area contributed by atoms with E-state index in [2.05, 4.69) is 70.3 Å². The fourth-order valence-corrected chi connectivity index (χ4v) is 4.20. The van der Waals surface area contributed by atoms with Gasteiger partial charge >= 0.3 is 0 Å². The summed E-state index contributed by atoms with van der Waals surface area (Å²) in [6.45, 7) is 4.37. The van der Waals surface area contributed by atoms with Crippen molar-refractivity contribution in [2.45, 2.75) is 12.3 Å². The van der Waals surface area contributed by atoms with Gasteiger partial charge in [-0.05, 0) is 33.5 Å². The number of piperazine rings is 1. The Bertz CT molecular complexity index is 872. The van der Waals surface area contributed by atoms with Gasteiger partial charge in [0.2, 0.25) is 11.8 Å². The van der Waals surface area contributed by atoms with Crippen LogP contribution in [0.3, 0.4) is 0 Å². The number of nitrogens with one attached hydrogen (secondary N) is 1. The molecule has 0 amide bonds. The summed E-state index contributed by atoms with van der Waals surface area (Å²) in [6.07, 6.45) is 2.89. The molecule has 7 nitrogen and oxygen atoms in total. The number of hydrogen-bond donors (Lipinski definition) is 1. The highest BCUT2D eigenvalue weighted by Crippen LogP contribution is 2.34. The molecule has 1 aliphatic heterocycles. The molecule has 0 bridgehead atoms. The zero-order valence-corrected chi connectivity index (χ0v) is 20.6. The first-order valence-corrected chi connectivity index (χ1v) is 10.3. The van der Waals surface area contributed by atoms with E-state index in [0.29, 0.717) is 17.7 Å². The van der Waals surface area contributed by atoms with Gasteiger partial charge in [-0.3, -0.25) is 4.99 Å². The predicted octanol–water partition coefficient (Wildman–Crippen LogP) is 2.90. The maximum absolute atomic E-state index is 5.28. The van der Waals surface area contributed by atoms with Gasteiger partial charge in [0.1, 0.15) is 0 Å². The molecule has 4 rings (SSSR count). The van der Waals surface area contributed by atoms with E-state index in [-0.39, 0.29) is 24.0 Å². The second-order valence-electron chi connectivity index (χ2n) is 7.03.